The number of halogens is 1. The Morgan fingerprint density at radius 2 is 2.09 bits per heavy atom. The summed E-state index contributed by atoms with van der Waals surface area (Å²) in [5.74, 6) is -0.372. The number of carbonyl (C=O) groups excluding carboxylic acids is 2. The van der Waals surface area contributed by atoms with Gasteiger partial charge in [-0.25, -0.2) is 9.37 Å². The summed E-state index contributed by atoms with van der Waals surface area (Å²) < 4.78 is 18.1. The predicted molar refractivity (Wildman–Crippen MR) is 77.1 cm³/mol. The van der Waals surface area contributed by atoms with Crippen molar-refractivity contribution in [1.29, 1.82) is 0 Å². The highest BCUT2D eigenvalue weighted by atomic mass is 19.1. The molecular weight excluding hydrogens is 289 g/mol. The third-order valence-electron chi connectivity index (χ3n) is 3.09. The summed E-state index contributed by atoms with van der Waals surface area (Å²) in [6.45, 7) is -0.327. The van der Waals surface area contributed by atoms with Crippen LogP contribution < -0.4 is 15.0 Å². The van der Waals surface area contributed by atoms with E-state index in [1.165, 1.54) is 35.4 Å². The summed E-state index contributed by atoms with van der Waals surface area (Å²) in [5, 5.41) is 2.60. The lowest BCUT2D eigenvalue weighted by atomic mass is 10.3. The van der Waals surface area contributed by atoms with Crippen molar-refractivity contribution in [3.05, 3.63) is 48.4 Å². The van der Waals surface area contributed by atoms with Crippen molar-refractivity contribution in [1.82, 2.24) is 4.98 Å². The zero-order valence-corrected chi connectivity index (χ0v) is 11.5. The number of amides is 2. The maximum absolute atomic E-state index is 12.8. The predicted octanol–water partition coefficient (Wildman–Crippen LogP) is 1.58. The Morgan fingerprint density at radius 3 is 2.86 bits per heavy atom. The number of aromatic nitrogens is 1. The highest BCUT2D eigenvalue weighted by Crippen LogP contribution is 2.28. The van der Waals surface area contributed by atoms with Crippen molar-refractivity contribution in [3.8, 4) is 5.75 Å². The SMILES string of the molecule is O=C(CN1C(=O)COc2cccnc21)Nc1ccc(F)cc1. The van der Waals surface area contributed by atoms with Crippen molar-refractivity contribution in [2.75, 3.05) is 23.4 Å². The number of hydrogen-bond acceptors (Lipinski definition) is 4. The second-order valence-corrected chi connectivity index (χ2v) is 4.65. The third-order valence-corrected chi connectivity index (χ3v) is 3.09. The number of nitrogens with zero attached hydrogens (tertiary/aromatic N) is 2. The van der Waals surface area contributed by atoms with Gasteiger partial charge in [0.25, 0.3) is 5.91 Å². The van der Waals surface area contributed by atoms with Crippen LogP contribution in [0.25, 0.3) is 0 Å². The van der Waals surface area contributed by atoms with Gasteiger partial charge in [0.2, 0.25) is 5.91 Å². The minimum absolute atomic E-state index is 0.136. The molecule has 2 amide bonds. The lowest BCUT2D eigenvalue weighted by Crippen LogP contribution is -2.43. The number of fused-ring (bicyclic) bond motifs is 1. The maximum Gasteiger partial charge on any atom is 0.266 e. The summed E-state index contributed by atoms with van der Waals surface area (Å²) in [5.41, 5.74) is 0.452. The fourth-order valence-electron chi connectivity index (χ4n) is 2.07. The topological polar surface area (TPSA) is 71.5 Å². The van der Waals surface area contributed by atoms with Gasteiger partial charge >= 0.3 is 0 Å². The van der Waals surface area contributed by atoms with Gasteiger partial charge in [-0.05, 0) is 36.4 Å². The molecular formula is C15H12FN3O3. The van der Waals surface area contributed by atoms with Crippen LogP contribution in [0.1, 0.15) is 0 Å². The molecule has 3 rings (SSSR count). The lowest BCUT2D eigenvalue weighted by molar-refractivity contribution is -0.123. The van der Waals surface area contributed by atoms with Gasteiger partial charge in [0.05, 0.1) is 0 Å². The van der Waals surface area contributed by atoms with Gasteiger partial charge in [-0.2, -0.15) is 0 Å². The molecule has 112 valence electrons. The van der Waals surface area contributed by atoms with Crippen molar-refractivity contribution in [2.45, 2.75) is 0 Å². The second kappa shape index (κ2) is 5.80. The normalized spacial score (nSPS) is 13.3. The van der Waals surface area contributed by atoms with E-state index in [-0.39, 0.29) is 24.9 Å². The molecule has 1 aromatic carbocycles. The molecule has 0 unspecified atom stereocenters. The van der Waals surface area contributed by atoms with Crippen LogP contribution in [0.4, 0.5) is 15.9 Å². The zero-order chi connectivity index (χ0) is 15.5. The second-order valence-electron chi connectivity index (χ2n) is 4.65. The van der Waals surface area contributed by atoms with E-state index in [9.17, 15) is 14.0 Å². The largest absolute Gasteiger partial charge is 0.480 e. The first kappa shape index (κ1) is 14.0. The molecule has 2 heterocycles. The summed E-state index contributed by atoms with van der Waals surface area (Å²) in [6.07, 6.45) is 1.52. The third kappa shape index (κ3) is 2.88. The fourth-order valence-corrected chi connectivity index (χ4v) is 2.07. The van der Waals surface area contributed by atoms with Gasteiger partial charge in [0.1, 0.15) is 12.4 Å². The fraction of sp³-hybridized carbons (Fsp3) is 0.133. The van der Waals surface area contributed by atoms with Crippen molar-refractivity contribution >= 4 is 23.3 Å². The molecule has 0 fully saturated rings. The molecule has 2 aromatic rings. The van der Waals surface area contributed by atoms with Gasteiger partial charge in [0.15, 0.2) is 18.2 Å². The lowest BCUT2D eigenvalue weighted by Gasteiger charge is -2.27. The number of hydrogen-bond donors (Lipinski definition) is 1. The van der Waals surface area contributed by atoms with E-state index in [0.717, 1.165) is 0 Å². The smallest absolute Gasteiger partial charge is 0.266 e. The van der Waals surface area contributed by atoms with Crippen molar-refractivity contribution in [2.24, 2.45) is 0 Å². The Balaban J connectivity index is 1.73. The van der Waals surface area contributed by atoms with Gasteiger partial charge in [0, 0.05) is 11.9 Å². The average Bonchev–Trinajstić information content (AvgIpc) is 2.52. The van der Waals surface area contributed by atoms with Gasteiger partial charge in [-0.1, -0.05) is 0 Å². The highest BCUT2D eigenvalue weighted by molar-refractivity contribution is 6.04. The summed E-state index contributed by atoms with van der Waals surface area (Å²) in [7, 11) is 0. The first-order chi connectivity index (χ1) is 10.6. The number of anilines is 2. The molecule has 1 aromatic heterocycles. The van der Waals surface area contributed by atoms with E-state index < -0.39 is 5.91 Å². The first-order valence-electron chi connectivity index (χ1n) is 6.57. The van der Waals surface area contributed by atoms with Crippen molar-refractivity contribution in [3.63, 3.8) is 0 Å². The molecule has 0 saturated heterocycles. The molecule has 22 heavy (non-hydrogen) atoms. The number of pyridine rings is 1. The highest BCUT2D eigenvalue weighted by Gasteiger charge is 2.28. The van der Waals surface area contributed by atoms with Gasteiger partial charge in [-0.3, -0.25) is 14.5 Å². The van der Waals surface area contributed by atoms with Crippen LogP contribution >= 0.6 is 0 Å². The summed E-state index contributed by atoms with van der Waals surface area (Å²) in [4.78, 5) is 29.3. The molecule has 1 aliphatic heterocycles. The Morgan fingerprint density at radius 1 is 1.32 bits per heavy atom. The number of rotatable bonds is 3. The van der Waals surface area contributed by atoms with Crippen LogP contribution in [0, 0.1) is 5.82 Å². The Kier molecular flexibility index (Phi) is 3.69. The van der Waals surface area contributed by atoms with E-state index in [1.807, 2.05) is 0 Å². The maximum atomic E-state index is 12.8. The van der Waals surface area contributed by atoms with Crippen LogP contribution in [-0.4, -0.2) is 29.9 Å². The summed E-state index contributed by atoms with van der Waals surface area (Å²) in [6, 6.07) is 8.74. The first-order valence-corrected chi connectivity index (χ1v) is 6.57. The number of benzene rings is 1. The molecule has 0 atom stereocenters. The summed E-state index contributed by atoms with van der Waals surface area (Å²) >= 11 is 0. The number of carbonyl (C=O) groups is 2. The Bertz CT molecular complexity index is 718. The molecule has 7 heteroatoms. The zero-order valence-electron chi connectivity index (χ0n) is 11.5. The van der Waals surface area contributed by atoms with Gasteiger partial charge in [-0.15, -0.1) is 0 Å². The number of ether oxygens (including phenoxy) is 1. The molecule has 0 aliphatic carbocycles. The van der Waals surface area contributed by atoms with Gasteiger partial charge < -0.3 is 10.1 Å². The van der Waals surface area contributed by atoms with Crippen LogP contribution in [0.3, 0.4) is 0 Å². The molecule has 0 spiro atoms. The van der Waals surface area contributed by atoms with E-state index >= 15 is 0 Å². The van der Waals surface area contributed by atoms with E-state index in [0.29, 0.717) is 17.3 Å². The van der Waals surface area contributed by atoms with E-state index in [2.05, 4.69) is 10.3 Å². The van der Waals surface area contributed by atoms with Crippen LogP contribution in [0.2, 0.25) is 0 Å². The van der Waals surface area contributed by atoms with E-state index in [1.54, 1.807) is 12.1 Å². The van der Waals surface area contributed by atoms with Crippen LogP contribution in [0.5, 0.6) is 5.75 Å². The molecule has 6 nitrogen and oxygen atoms in total. The monoisotopic (exact) mass is 301 g/mol. The minimum Gasteiger partial charge on any atom is -0.480 e. The minimum atomic E-state index is -0.404. The molecule has 1 aliphatic rings. The molecule has 0 saturated carbocycles. The quantitative estimate of drug-likeness (QED) is 0.934. The molecule has 1 N–H and O–H groups in total. The standard InChI is InChI=1S/C15H12FN3O3/c16-10-3-5-11(6-4-10)18-13(20)8-19-14(21)9-22-12-2-1-7-17-15(12)19/h1-7H,8-9H2,(H,18,20). The van der Waals surface area contributed by atoms with E-state index in [4.69, 9.17) is 4.74 Å². The Labute approximate surface area is 125 Å². The van der Waals surface area contributed by atoms with Crippen molar-refractivity contribution < 1.29 is 18.7 Å². The number of nitrogens with one attached hydrogen (secondary N) is 1. The van der Waals surface area contributed by atoms with Crippen LogP contribution in [-0.2, 0) is 9.59 Å². The Hall–Kier alpha value is -2.96. The molecule has 0 radical (unpaired) electrons. The van der Waals surface area contributed by atoms with Crippen LogP contribution in [0.15, 0.2) is 42.6 Å². The molecule has 0 bridgehead atoms. The average molecular weight is 301 g/mol.